The van der Waals surface area contributed by atoms with Crippen molar-refractivity contribution in [2.45, 2.75) is 27.3 Å². The number of hydrogen-bond acceptors (Lipinski definition) is 2. The van der Waals surface area contributed by atoms with E-state index in [0.29, 0.717) is 0 Å². The fourth-order valence-corrected chi connectivity index (χ4v) is 1.68. The van der Waals surface area contributed by atoms with Gasteiger partial charge >= 0.3 is 0 Å². The first-order chi connectivity index (χ1) is 7.22. The van der Waals surface area contributed by atoms with Gasteiger partial charge in [-0.25, -0.2) is 9.67 Å². The average molecular weight is 201 g/mol. The summed E-state index contributed by atoms with van der Waals surface area (Å²) in [6, 6.07) is 6.40. The lowest BCUT2D eigenvalue weighted by Crippen LogP contribution is -2.00. The monoisotopic (exact) mass is 201 g/mol. The average Bonchev–Trinajstić information content (AvgIpc) is 2.69. The molecule has 1 aromatic heterocycles. The van der Waals surface area contributed by atoms with E-state index in [2.05, 4.69) is 49.1 Å². The maximum absolute atomic E-state index is 4.31. The molecule has 0 amide bonds. The first-order valence-corrected chi connectivity index (χ1v) is 5.17. The Bertz CT molecular complexity index is 471. The summed E-state index contributed by atoms with van der Waals surface area (Å²) in [7, 11) is 0. The van der Waals surface area contributed by atoms with Crippen molar-refractivity contribution in [3.8, 4) is 11.4 Å². The second-order valence-corrected chi connectivity index (χ2v) is 3.72. The highest BCUT2D eigenvalue weighted by atomic mass is 15.3. The molecular formula is C12H15N3. The van der Waals surface area contributed by atoms with Crippen LogP contribution in [0.25, 0.3) is 11.4 Å². The highest BCUT2D eigenvalue weighted by Crippen LogP contribution is 2.22. The largest absolute Gasteiger partial charge is 0.246 e. The van der Waals surface area contributed by atoms with Gasteiger partial charge in [0.2, 0.25) is 0 Å². The number of aryl methyl sites for hydroxylation is 3. The van der Waals surface area contributed by atoms with Crippen molar-refractivity contribution in [2.75, 3.05) is 0 Å². The molecule has 2 rings (SSSR count). The zero-order valence-corrected chi connectivity index (χ0v) is 9.36. The van der Waals surface area contributed by atoms with Crippen molar-refractivity contribution < 1.29 is 0 Å². The third-order valence-electron chi connectivity index (χ3n) is 2.55. The fourth-order valence-electron chi connectivity index (χ4n) is 1.68. The van der Waals surface area contributed by atoms with E-state index in [1.165, 1.54) is 16.7 Å². The molecule has 1 aromatic carbocycles. The number of aromatic nitrogens is 3. The summed E-state index contributed by atoms with van der Waals surface area (Å²) in [5.74, 6) is 0.957. The van der Waals surface area contributed by atoms with E-state index in [4.69, 9.17) is 0 Å². The van der Waals surface area contributed by atoms with Gasteiger partial charge < -0.3 is 0 Å². The van der Waals surface area contributed by atoms with E-state index in [9.17, 15) is 0 Å². The van der Waals surface area contributed by atoms with Crippen LogP contribution in [-0.4, -0.2) is 14.8 Å². The number of nitrogens with zero attached hydrogens (tertiary/aromatic N) is 3. The molecule has 0 fully saturated rings. The molecule has 0 bridgehead atoms. The van der Waals surface area contributed by atoms with Crippen molar-refractivity contribution >= 4 is 0 Å². The van der Waals surface area contributed by atoms with Gasteiger partial charge in [-0.3, -0.25) is 0 Å². The van der Waals surface area contributed by atoms with Crippen LogP contribution in [0.4, 0.5) is 0 Å². The third kappa shape index (κ3) is 1.77. The predicted octanol–water partition coefficient (Wildman–Crippen LogP) is 2.58. The molecule has 0 unspecified atom stereocenters. The molecule has 1 heterocycles. The fraction of sp³-hybridized carbons (Fsp3) is 0.333. The van der Waals surface area contributed by atoms with E-state index in [-0.39, 0.29) is 0 Å². The minimum atomic E-state index is 0.850. The molecule has 0 spiro atoms. The minimum Gasteiger partial charge on any atom is -0.246 e. The molecule has 78 valence electrons. The third-order valence-corrected chi connectivity index (χ3v) is 2.55. The molecule has 15 heavy (non-hydrogen) atoms. The van der Waals surface area contributed by atoms with Crippen LogP contribution in [-0.2, 0) is 6.54 Å². The van der Waals surface area contributed by atoms with Crippen molar-refractivity contribution in [2.24, 2.45) is 0 Å². The maximum atomic E-state index is 4.31. The summed E-state index contributed by atoms with van der Waals surface area (Å²) in [4.78, 5) is 4.31. The van der Waals surface area contributed by atoms with Gasteiger partial charge in [-0.2, -0.15) is 5.10 Å². The Hall–Kier alpha value is -1.64. The number of benzene rings is 1. The molecule has 3 heteroatoms. The van der Waals surface area contributed by atoms with Gasteiger partial charge in [0.05, 0.1) is 0 Å². The van der Waals surface area contributed by atoms with E-state index in [0.717, 1.165) is 12.4 Å². The number of hydrogen-bond donors (Lipinski definition) is 0. The molecule has 0 radical (unpaired) electrons. The molecule has 0 aliphatic heterocycles. The Morgan fingerprint density at radius 2 is 2.07 bits per heavy atom. The zero-order valence-electron chi connectivity index (χ0n) is 9.36. The zero-order chi connectivity index (χ0) is 10.8. The van der Waals surface area contributed by atoms with Crippen LogP contribution in [0.2, 0.25) is 0 Å². The van der Waals surface area contributed by atoms with Gasteiger partial charge in [0, 0.05) is 12.1 Å². The summed E-state index contributed by atoms with van der Waals surface area (Å²) in [5.41, 5.74) is 3.67. The van der Waals surface area contributed by atoms with Crippen LogP contribution >= 0.6 is 0 Å². The molecule has 0 saturated carbocycles. The Labute approximate surface area is 89.8 Å². The molecular weight excluding hydrogens is 186 g/mol. The van der Waals surface area contributed by atoms with Crippen LogP contribution in [0.5, 0.6) is 0 Å². The van der Waals surface area contributed by atoms with Gasteiger partial charge in [0.15, 0.2) is 5.82 Å². The lowest BCUT2D eigenvalue weighted by Gasteiger charge is -2.07. The molecule has 0 atom stereocenters. The second kappa shape index (κ2) is 3.85. The standard InChI is InChI=1S/C12H15N3/c1-4-15-12(13-8-14-15)11-7-9(2)5-6-10(11)3/h5-8H,4H2,1-3H3. The van der Waals surface area contributed by atoms with Gasteiger partial charge in [0.1, 0.15) is 6.33 Å². The quantitative estimate of drug-likeness (QED) is 0.747. The van der Waals surface area contributed by atoms with Crippen molar-refractivity contribution in [1.29, 1.82) is 0 Å². The molecule has 0 aliphatic carbocycles. The molecule has 0 N–H and O–H groups in total. The smallest absolute Gasteiger partial charge is 0.158 e. The van der Waals surface area contributed by atoms with Crippen LogP contribution in [0.15, 0.2) is 24.5 Å². The predicted molar refractivity (Wildman–Crippen MR) is 60.6 cm³/mol. The summed E-state index contributed by atoms with van der Waals surface area (Å²) in [5, 5.41) is 4.19. The van der Waals surface area contributed by atoms with Crippen molar-refractivity contribution in [3.63, 3.8) is 0 Å². The Balaban J connectivity index is 2.58. The van der Waals surface area contributed by atoms with E-state index in [1.807, 2.05) is 4.68 Å². The second-order valence-electron chi connectivity index (χ2n) is 3.72. The van der Waals surface area contributed by atoms with E-state index < -0.39 is 0 Å². The summed E-state index contributed by atoms with van der Waals surface area (Å²) >= 11 is 0. The topological polar surface area (TPSA) is 30.7 Å². The normalized spacial score (nSPS) is 10.6. The first-order valence-electron chi connectivity index (χ1n) is 5.17. The van der Waals surface area contributed by atoms with Gasteiger partial charge in [-0.15, -0.1) is 0 Å². The van der Waals surface area contributed by atoms with E-state index in [1.54, 1.807) is 6.33 Å². The van der Waals surface area contributed by atoms with Crippen molar-refractivity contribution in [1.82, 2.24) is 14.8 Å². The Morgan fingerprint density at radius 1 is 1.27 bits per heavy atom. The highest BCUT2D eigenvalue weighted by Gasteiger charge is 2.08. The van der Waals surface area contributed by atoms with Crippen LogP contribution in [0.3, 0.4) is 0 Å². The molecule has 0 saturated heterocycles. The van der Waals surface area contributed by atoms with Gasteiger partial charge in [0.25, 0.3) is 0 Å². The SMILES string of the molecule is CCn1ncnc1-c1cc(C)ccc1C. The van der Waals surface area contributed by atoms with Gasteiger partial charge in [-0.1, -0.05) is 17.7 Å². The maximum Gasteiger partial charge on any atom is 0.158 e. The number of rotatable bonds is 2. The lowest BCUT2D eigenvalue weighted by atomic mass is 10.1. The van der Waals surface area contributed by atoms with Crippen LogP contribution in [0.1, 0.15) is 18.1 Å². The van der Waals surface area contributed by atoms with E-state index >= 15 is 0 Å². The highest BCUT2D eigenvalue weighted by molar-refractivity contribution is 5.60. The Kier molecular flexibility index (Phi) is 2.54. The molecule has 3 nitrogen and oxygen atoms in total. The lowest BCUT2D eigenvalue weighted by molar-refractivity contribution is 0.665. The molecule has 2 aromatic rings. The van der Waals surface area contributed by atoms with Gasteiger partial charge in [-0.05, 0) is 32.4 Å². The summed E-state index contributed by atoms with van der Waals surface area (Å²) in [6.45, 7) is 7.12. The Morgan fingerprint density at radius 3 is 2.80 bits per heavy atom. The van der Waals surface area contributed by atoms with Crippen LogP contribution in [0, 0.1) is 13.8 Å². The van der Waals surface area contributed by atoms with Crippen LogP contribution < -0.4 is 0 Å². The van der Waals surface area contributed by atoms with Crippen molar-refractivity contribution in [3.05, 3.63) is 35.7 Å². The molecule has 0 aliphatic rings. The summed E-state index contributed by atoms with van der Waals surface area (Å²) < 4.78 is 1.92. The minimum absolute atomic E-state index is 0.850. The first kappa shape index (κ1) is 9.90. The summed E-state index contributed by atoms with van der Waals surface area (Å²) in [6.07, 6.45) is 1.61.